The Morgan fingerprint density at radius 1 is 1.43 bits per heavy atom. The minimum atomic E-state index is -1.02. The number of hydrogen-bond donors (Lipinski definition) is 2. The summed E-state index contributed by atoms with van der Waals surface area (Å²) in [7, 11) is 0. The van der Waals surface area contributed by atoms with Crippen molar-refractivity contribution >= 4 is 5.91 Å². The van der Waals surface area contributed by atoms with E-state index in [-0.39, 0.29) is 30.0 Å². The molecule has 2 N–H and O–H groups in total. The lowest BCUT2D eigenvalue weighted by atomic mass is 10.0. The predicted octanol–water partition coefficient (Wildman–Crippen LogP) is 2.23. The maximum absolute atomic E-state index is 13.7. The first kappa shape index (κ1) is 17.8. The largest absolute Gasteiger partial charge is 0.387 e. The summed E-state index contributed by atoms with van der Waals surface area (Å²) in [6, 6.07) is 3.24. The average Bonchev–Trinajstić information content (AvgIpc) is 2.47. The lowest BCUT2D eigenvalue weighted by Gasteiger charge is -2.34. The van der Waals surface area contributed by atoms with Gasteiger partial charge in [-0.1, -0.05) is 19.9 Å². The predicted molar refractivity (Wildman–Crippen MR) is 83.8 cm³/mol. The molecule has 0 aromatic heterocycles. The van der Waals surface area contributed by atoms with Crippen molar-refractivity contribution in [1.82, 2.24) is 10.2 Å². The third-order valence-corrected chi connectivity index (χ3v) is 4.13. The highest BCUT2D eigenvalue weighted by atomic mass is 19.1. The number of aliphatic hydroxyl groups excluding tert-OH is 1. The smallest absolute Gasteiger partial charge is 0.222 e. The van der Waals surface area contributed by atoms with Crippen molar-refractivity contribution in [2.24, 2.45) is 5.92 Å². The quantitative estimate of drug-likeness (QED) is 0.872. The molecule has 0 aliphatic carbocycles. The van der Waals surface area contributed by atoms with Gasteiger partial charge in [-0.15, -0.1) is 0 Å². The first-order valence-corrected chi connectivity index (χ1v) is 8.02. The third-order valence-electron chi connectivity index (χ3n) is 4.13. The molecule has 128 valence electrons. The fourth-order valence-electron chi connectivity index (χ4n) is 2.82. The Kier molecular flexibility index (Phi) is 6.07. The van der Waals surface area contributed by atoms with Crippen molar-refractivity contribution in [2.75, 3.05) is 19.6 Å². The van der Waals surface area contributed by atoms with Crippen LogP contribution in [-0.2, 0) is 4.79 Å². The Morgan fingerprint density at radius 3 is 2.83 bits per heavy atom. The number of carbonyl (C=O) groups is 1. The maximum Gasteiger partial charge on any atom is 0.222 e. The summed E-state index contributed by atoms with van der Waals surface area (Å²) in [6.45, 7) is 5.36. The fourth-order valence-corrected chi connectivity index (χ4v) is 2.82. The summed E-state index contributed by atoms with van der Waals surface area (Å²) < 4.78 is 26.7. The number of β-amino-alcohol motifs (C(OH)–C–C–N with tert-alkyl or cyclic N) is 1. The normalized spacial score (nSPS) is 20.5. The number of rotatable bonds is 5. The Hall–Kier alpha value is -1.53. The van der Waals surface area contributed by atoms with Gasteiger partial charge in [0.25, 0.3) is 0 Å². The first-order valence-electron chi connectivity index (χ1n) is 8.02. The van der Waals surface area contributed by atoms with Gasteiger partial charge in [-0.2, -0.15) is 0 Å². The molecule has 2 atom stereocenters. The summed E-state index contributed by atoms with van der Waals surface area (Å²) in [6.07, 6.45) is 0.785. The van der Waals surface area contributed by atoms with Crippen LogP contribution in [0.25, 0.3) is 0 Å². The molecule has 1 aromatic rings. The van der Waals surface area contributed by atoms with Gasteiger partial charge < -0.3 is 10.4 Å². The van der Waals surface area contributed by atoms with Crippen LogP contribution in [0.5, 0.6) is 0 Å². The molecule has 0 saturated carbocycles. The standard InChI is InChI=1S/C17H24F2N2O2/c1-11(2)17(23)20-13-4-3-7-21(9-13)10-16(22)14-6-5-12(18)8-15(14)19/h5-6,8,11,13,16,22H,3-4,7,9-10H2,1-2H3,(H,20,23). The van der Waals surface area contributed by atoms with Crippen molar-refractivity contribution in [3.63, 3.8) is 0 Å². The Morgan fingerprint density at radius 2 is 2.17 bits per heavy atom. The average molecular weight is 326 g/mol. The van der Waals surface area contributed by atoms with Crippen LogP contribution in [0.1, 0.15) is 38.4 Å². The van der Waals surface area contributed by atoms with Gasteiger partial charge in [-0.05, 0) is 25.5 Å². The molecule has 2 unspecified atom stereocenters. The summed E-state index contributed by atoms with van der Waals surface area (Å²) in [5.41, 5.74) is 0.0970. The molecule has 1 fully saturated rings. The Bertz CT molecular complexity index is 551. The number of nitrogens with zero attached hydrogens (tertiary/aromatic N) is 1. The molecule has 1 saturated heterocycles. The summed E-state index contributed by atoms with van der Waals surface area (Å²) in [4.78, 5) is 13.8. The number of likely N-dealkylation sites (tertiary alicyclic amines) is 1. The SMILES string of the molecule is CC(C)C(=O)NC1CCCN(CC(O)c2ccc(F)cc2F)C1. The van der Waals surface area contributed by atoms with Crippen LogP contribution in [0.2, 0.25) is 0 Å². The van der Waals surface area contributed by atoms with Gasteiger partial charge in [0, 0.05) is 36.7 Å². The molecule has 0 radical (unpaired) electrons. The van der Waals surface area contributed by atoms with E-state index in [1.165, 1.54) is 6.07 Å². The van der Waals surface area contributed by atoms with Crippen LogP contribution in [-0.4, -0.2) is 41.6 Å². The zero-order valence-corrected chi connectivity index (χ0v) is 13.6. The van der Waals surface area contributed by atoms with E-state index in [1.54, 1.807) is 0 Å². The number of hydrogen-bond acceptors (Lipinski definition) is 3. The van der Waals surface area contributed by atoms with Gasteiger partial charge in [0.05, 0.1) is 6.10 Å². The van der Waals surface area contributed by atoms with Crippen LogP contribution in [0.4, 0.5) is 8.78 Å². The maximum atomic E-state index is 13.7. The van der Waals surface area contributed by atoms with E-state index in [1.807, 2.05) is 18.7 Å². The lowest BCUT2D eigenvalue weighted by molar-refractivity contribution is -0.125. The van der Waals surface area contributed by atoms with E-state index >= 15 is 0 Å². The van der Waals surface area contributed by atoms with Gasteiger partial charge >= 0.3 is 0 Å². The second-order valence-electron chi connectivity index (χ2n) is 6.44. The van der Waals surface area contributed by atoms with E-state index in [9.17, 15) is 18.7 Å². The lowest BCUT2D eigenvalue weighted by Crippen LogP contribution is -2.49. The minimum absolute atomic E-state index is 0.0157. The third kappa shape index (κ3) is 4.97. The van der Waals surface area contributed by atoms with Crippen molar-refractivity contribution in [1.29, 1.82) is 0 Å². The molecular weight excluding hydrogens is 302 g/mol. The van der Waals surface area contributed by atoms with E-state index in [0.29, 0.717) is 6.54 Å². The van der Waals surface area contributed by atoms with Crippen LogP contribution in [0.15, 0.2) is 18.2 Å². The molecule has 1 aromatic carbocycles. The highest BCUT2D eigenvalue weighted by Gasteiger charge is 2.25. The highest BCUT2D eigenvalue weighted by molar-refractivity contribution is 5.78. The van der Waals surface area contributed by atoms with Gasteiger partial charge in [-0.3, -0.25) is 9.69 Å². The zero-order chi connectivity index (χ0) is 17.0. The van der Waals surface area contributed by atoms with Crippen LogP contribution < -0.4 is 5.32 Å². The molecule has 4 nitrogen and oxygen atoms in total. The second kappa shape index (κ2) is 7.84. The minimum Gasteiger partial charge on any atom is -0.387 e. The number of carbonyl (C=O) groups excluding carboxylic acids is 1. The van der Waals surface area contributed by atoms with Gasteiger partial charge in [0.1, 0.15) is 11.6 Å². The van der Waals surface area contributed by atoms with Gasteiger partial charge in [0.15, 0.2) is 0 Å². The van der Waals surface area contributed by atoms with E-state index in [0.717, 1.165) is 31.5 Å². The molecule has 1 heterocycles. The number of halogens is 2. The van der Waals surface area contributed by atoms with E-state index in [2.05, 4.69) is 5.32 Å². The second-order valence-corrected chi connectivity index (χ2v) is 6.44. The molecular formula is C17H24F2N2O2. The van der Waals surface area contributed by atoms with E-state index < -0.39 is 17.7 Å². The van der Waals surface area contributed by atoms with Crippen LogP contribution in [0.3, 0.4) is 0 Å². The van der Waals surface area contributed by atoms with Gasteiger partial charge in [0.2, 0.25) is 5.91 Å². The number of amides is 1. The molecule has 1 aliphatic rings. The van der Waals surface area contributed by atoms with Crippen molar-refractivity contribution in [3.8, 4) is 0 Å². The monoisotopic (exact) mass is 326 g/mol. The number of piperidine rings is 1. The zero-order valence-electron chi connectivity index (χ0n) is 13.6. The van der Waals surface area contributed by atoms with Crippen molar-refractivity contribution in [3.05, 3.63) is 35.4 Å². The molecule has 1 aliphatic heterocycles. The molecule has 2 rings (SSSR count). The highest BCUT2D eigenvalue weighted by Crippen LogP contribution is 2.21. The molecule has 0 spiro atoms. The fraction of sp³-hybridized carbons (Fsp3) is 0.588. The molecule has 23 heavy (non-hydrogen) atoms. The Labute approximate surface area is 135 Å². The summed E-state index contributed by atoms with van der Waals surface area (Å²) in [5, 5.41) is 13.2. The molecule has 1 amide bonds. The van der Waals surface area contributed by atoms with E-state index in [4.69, 9.17) is 0 Å². The summed E-state index contributed by atoms with van der Waals surface area (Å²) >= 11 is 0. The number of nitrogens with one attached hydrogen (secondary N) is 1. The van der Waals surface area contributed by atoms with Crippen LogP contribution in [0, 0.1) is 17.6 Å². The van der Waals surface area contributed by atoms with Gasteiger partial charge in [-0.25, -0.2) is 8.78 Å². The first-order chi connectivity index (χ1) is 10.9. The number of benzene rings is 1. The van der Waals surface area contributed by atoms with Crippen molar-refractivity contribution in [2.45, 2.75) is 38.8 Å². The number of aliphatic hydroxyl groups is 1. The Balaban J connectivity index is 1.92. The molecule has 6 heteroatoms. The van der Waals surface area contributed by atoms with Crippen molar-refractivity contribution < 1.29 is 18.7 Å². The molecule has 0 bridgehead atoms. The topological polar surface area (TPSA) is 52.6 Å². The van der Waals surface area contributed by atoms with Crippen LogP contribution >= 0.6 is 0 Å². The summed E-state index contributed by atoms with van der Waals surface area (Å²) in [5.74, 6) is -1.45.